The third-order valence-corrected chi connectivity index (χ3v) is 1.38. The van der Waals surface area contributed by atoms with Gasteiger partial charge in [0.05, 0.1) is 11.5 Å². The Kier molecular flexibility index (Phi) is 0.834. The van der Waals surface area contributed by atoms with Crippen LogP contribution in [0.2, 0.25) is 0 Å². The molecule has 1 aliphatic rings. The lowest BCUT2D eigenvalue weighted by Crippen LogP contribution is -2.37. The summed E-state index contributed by atoms with van der Waals surface area (Å²) in [7, 11) is 0. The van der Waals surface area contributed by atoms with Crippen molar-refractivity contribution >= 4 is 11.6 Å². The molecule has 0 spiro atoms. The van der Waals surface area contributed by atoms with Gasteiger partial charge in [0, 0.05) is 0 Å². The van der Waals surface area contributed by atoms with E-state index in [9.17, 15) is 9.59 Å². The lowest BCUT2D eigenvalue weighted by Gasteiger charge is -2.19. The second-order valence-corrected chi connectivity index (χ2v) is 1.93. The van der Waals surface area contributed by atoms with E-state index in [0.29, 0.717) is 0 Å². The zero-order valence-electron chi connectivity index (χ0n) is 4.60. The van der Waals surface area contributed by atoms with E-state index in [1.165, 1.54) is 0 Å². The summed E-state index contributed by atoms with van der Waals surface area (Å²) in [6.07, 6.45) is 0. The highest BCUT2D eigenvalue weighted by Crippen LogP contribution is 2.21. The topological polar surface area (TPSA) is 34.1 Å². The van der Waals surface area contributed by atoms with Gasteiger partial charge in [-0.15, -0.1) is 0 Å². The van der Waals surface area contributed by atoms with Crippen molar-refractivity contribution in [2.75, 3.05) is 0 Å². The van der Waals surface area contributed by atoms with Gasteiger partial charge >= 0.3 is 0 Å². The Morgan fingerprint density at radius 2 is 1.75 bits per heavy atom. The highest BCUT2D eigenvalue weighted by Gasteiger charge is 2.38. The number of carbonyl (C=O) groups excluding carboxylic acids is 2. The van der Waals surface area contributed by atoms with Crippen LogP contribution >= 0.6 is 0 Å². The summed E-state index contributed by atoms with van der Waals surface area (Å²) < 4.78 is 0. The Balaban J connectivity index is 2.84. The number of allylic oxidation sites excluding steroid dienone is 1. The summed E-state index contributed by atoms with van der Waals surface area (Å²) in [5.41, 5.74) is 0.164. The number of carbonyl (C=O) groups is 2. The molecule has 0 aromatic carbocycles. The van der Waals surface area contributed by atoms with Crippen LogP contribution in [0, 0.1) is 5.92 Å². The minimum Gasteiger partial charge on any atom is -0.293 e. The molecule has 0 aromatic heterocycles. The highest BCUT2D eigenvalue weighted by molar-refractivity contribution is 6.38. The van der Waals surface area contributed by atoms with Crippen molar-refractivity contribution in [3.05, 3.63) is 12.2 Å². The van der Waals surface area contributed by atoms with Crippen LogP contribution in [0.25, 0.3) is 0 Å². The van der Waals surface area contributed by atoms with Gasteiger partial charge in [-0.2, -0.15) is 0 Å². The number of rotatable bonds is 0. The molecule has 2 nitrogen and oxygen atoms in total. The van der Waals surface area contributed by atoms with Crippen molar-refractivity contribution in [3.63, 3.8) is 0 Å². The molecule has 0 aliphatic heterocycles. The quantitative estimate of drug-likeness (QED) is 0.256. The highest BCUT2D eigenvalue weighted by atomic mass is 16.2. The van der Waals surface area contributed by atoms with E-state index in [0.717, 1.165) is 0 Å². The zero-order valence-corrected chi connectivity index (χ0v) is 4.60. The second-order valence-electron chi connectivity index (χ2n) is 1.93. The van der Waals surface area contributed by atoms with Gasteiger partial charge in [0.25, 0.3) is 0 Å². The molecule has 0 radical (unpaired) electrons. The van der Waals surface area contributed by atoms with Crippen LogP contribution < -0.4 is 0 Å². The number of hydrogen-bond acceptors (Lipinski definition) is 2. The molecular formula is C6H6O2. The van der Waals surface area contributed by atoms with Crippen molar-refractivity contribution in [2.24, 2.45) is 5.92 Å². The zero-order chi connectivity index (χ0) is 6.31. The first-order chi connectivity index (χ1) is 3.64. The normalized spacial score (nSPS) is 21.4. The minimum absolute atomic E-state index is 0.102. The minimum atomic E-state index is -0.400. The third kappa shape index (κ3) is 0.372. The fourth-order valence-electron chi connectivity index (χ4n) is 0.685. The summed E-state index contributed by atoms with van der Waals surface area (Å²) in [6, 6.07) is 0. The Labute approximate surface area is 47.2 Å². The molecule has 2 heteroatoms. The molecule has 0 unspecified atom stereocenters. The van der Waals surface area contributed by atoms with Crippen LogP contribution in [0.1, 0.15) is 6.92 Å². The lowest BCUT2D eigenvalue weighted by molar-refractivity contribution is -0.136. The average molecular weight is 110 g/mol. The summed E-state index contributed by atoms with van der Waals surface area (Å²) in [4.78, 5) is 20.9. The summed E-state index contributed by atoms with van der Waals surface area (Å²) in [6.45, 7) is 4.87. The van der Waals surface area contributed by atoms with Gasteiger partial charge in [0.1, 0.15) is 0 Å². The summed E-state index contributed by atoms with van der Waals surface area (Å²) in [5.74, 6) is -0.604. The van der Waals surface area contributed by atoms with Gasteiger partial charge in [0.2, 0.25) is 0 Å². The molecule has 0 N–H and O–H groups in total. The maximum absolute atomic E-state index is 10.5. The second kappa shape index (κ2) is 1.28. The molecular weight excluding hydrogens is 104 g/mol. The maximum atomic E-state index is 10.5. The Bertz CT molecular complexity index is 161. The van der Waals surface area contributed by atoms with E-state index in [1.807, 2.05) is 0 Å². The van der Waals surface area contributed by atoms with Gasteiger partial charge in [-0.05, 0) is 6.92 Å². The van der Waals surface area contributed by atoms with Crippen molar-refractivity contribution in [3.8, 4) is 0 Å². The van der Waals surface area contributed by atoms with E-state index in [-0.39, 0.29) is 17.1 Å². The van der Waals surface area contributed by atoms with E-state index in [4.69, 9.17) is 0 Å². The summed E-state index contributed by atoms with van der Waals surface area (Å²) >= 11 is 0. The third-order valence-electron chi connectivity index (χ3n) is 1.38. The molecule has 0 bridgehead atoms. The Morgan fingerprint density at radius 3 is 1.88 bits per heavy atom. The van der Waals surface area contributed by atoms with E-state index < -0.39 is 5.92 Å². The van der Waals surface area contributed by atoms with Crippen LogP contribution in [-0.2, 0) is 9.59 Å². The fraction of sp³-hybridized carbons (Fsp3) is 0.333. The monoisotopic (exact) mass is 110 g/mol. The van der Waals surface area contributed by atoms with Gasteiger partial charge in [-0.25, -0.2) is 0 Å². The van der Waals surface area contributed by atoms with E-state index >= 15 is 0 Å². The van der Waals surface area contributed by atoms with Crippen LogP contribution in [0.15, 0.2) is 12.2 Å². The first-order valence-electron chi connectivity index (χ1n) is 2.42. The van der Waals surface area contributed by atoms with Crippen molar-refractivity contribution in [1.29, 1.82) is 0 Å². The molecule has 1 rings (SSSR count). The molecule has 0 amide bonds. The molecule has 42 valence electrons. The van der Waals surface area contributed by atoms with Gasteiger partial charge < -0.3 is 0 Å². The molecule has 0 aromatic rings. The molecule has 8 heavy (non-hydrogen) atoms. The Morgan fingerprint density at radius 1 is 1.38 bits per heavy atom. The van der Waals surface area contributed by atoms with E-state index in [2.05, 4.69) is 6.58 Å². The van der Waals surface area contributed by atoms with Gasteiger partial charge in [-0.3, -0.25) is 9.59 Å². The summed E-state index contributed by atoms with van der Waals surface area (Å²) in [5, 5.41) is 0. The molecule has 0 heterocycles. The molecule has 1 saturated carbocycles. The molecule has 1 aliphatic carbocycles. The van der Waals surface area contributed by atoms with Crippen LogP contribution in [0.3, 0.4) is 0 Å². The number of Topliss-reactive ketones (excluding diaryl/α,β-unsaturated/α-hetero) is 2. The van der Waals surface area contributed by atoms with Gasteiger partial charge in [-0.1, -0.05) is 6.58 Å². The van der Waals surface area contributed by atoms with E-state index in [1.54, 1.807) is 6.92 Å². The first-order valence-corrected chi connectivity index (χ1v) is 2.42. The van der Waals surface area contributed by atoms with Crippen LogP contribution in [-0.4, -0.2) is 11.6 Å². The largest absolute Gasteiger partial charge is 0.293 e. The van der Waals surface area contributed by atoms with Crippen molar-refractivity contribution < 1.29 is 9.59 Å². The van der Waals surface area contributed by atoms with Crippen LogP contribution in [0.5, 0.6) is 0 Å². The van der Waals surface area contributed by atoms with Crippen molar-refractivity contribution in [2.45, 2.75) is 6.92 Å². The lowest BCUT2D eigenvalue weighted by atomic mass is 9.80. The predicted octanol–water partition coefficient (Wildman–Crippen LogP) is 0.330. The van der Waals surface area contributed by atoms with Crippen LogP contribution in [0.4, 0.5) is 0 Å². The number of ketones is 2. The molecule has 0 atom stereocenters. The smallest absolute Gasteiger partial charge is 0.176 e. The maximum Gasteiger partial charge on any atom is 0.176 e. The van der Waals surface area contributed by atoms with Crippen molar-refractivity contribution in [1.82, 2.24) is 0 Å². The predicted molar refractivity (Wildman–Crippen MR) is 28.3 cm³/mol. The molecule has 0 saturated heterocycles. The van der Waals surface area contributed by atoms with Gasteiger partial charge in [0.15, 0.2) is 11.6 Å². The number of hydrogen-bond donors (Lipinski definition) is 0. The SMILES string of the molecule is C=C1C(=O)C(C)C1=O. The Hall–Kier alpha value is -0.920. The standard InChI is InChI=1S/C6H6O2/c1-3-5(7)4(2)6(3)8/h4H,1H2,2H3. The first kappa shape index (κ1) is 5.22. The average Bonchev–Trinajstić information content (AvgIpc) is 1.83. The fourth-order valence-corrected chi connectivity index (χ4v) is 0.685. The molecule has 1 fully saturated rings.